The molecule has 160 valence electrons. The van der Waals surface area contributed by atoms with E-state index in [1.165, 1.54) is 0 Å². The molecule has 0 radical (unpaired) electrons. The Hall–Kier alpha value is -0.520. The van der Waals surface area contributed by atoms with E-state index in [0.29, 0.717) is 0 Å². The van der Waals surface area contributed by atoms with Crippen LogP contribution in [0.4, 0.5) is 0 Å². The Kier molecular flexibility index (Phi) is 7.86. The molecule has 10 N–H and O–H groups in total. The summed E-state index contributed by atoms with van der Waals surface area (Å²) in [6.45, 7) is -1.66. The summed E-state index contributed by atoms with van der Waals surface area (Å²) in [5.41, 5.74) is 0. The van der Waals surface area contributed by atoms with Crippen molar-refractivity contribution in [2.45, 2.75) is 73.6 Å². The molecule has 12 atom stereocenters. The van der Waals surface area contributed by atoms with Crippen LogP contribution in [-0.4, -0.2) is 138 Å². The highest BCUT2D eigenvalue weighted by Crippen LogP contribution is 2.27. The molecule has 0 saturated carbocycles. The fourth-order valence-corrected chi connectivity index (χ4v) is 2.90. The van der Waals surface area contributed by atoms with Crippen molar-refractivity contribution in [1.29, 1.82) is 0 Å². The van der Waals surface area contributed by atoms with Crippen molar-refractivity contribution in [3.8, 4) is 0 Å². The second-order valence-corrected chi connectivity index (χ2v) is 6.51. The van der Waals surface area contributed by atoms with Gasteiger partial charge in [0.2, 0.25) is 0 Å². The molecule has 0 amide bonds. The molecule has 2 aliphatic heterocycles. The zero-order chi connectivity index (χ0) is 20.5. The summed E-state index contributed by atoms with van der Waals surface area (Å²) in [6.07, 6.45) is -22.0. The maximum absolute atomic E-state index is 10.1. The second-order valence-electron chi connectivity index (χ2n) is 6.51. The maximum atomic E-state index is 10.1. The first-order valence-corrected chi connectivity index (χ1v) is 8.26. The van der Waals surface area contributed by atoms with Crippen LogP contribution in [-0.2, 0) is 14.2 Å². The van der Waals surface area contributed by atoms with Gasteiger partial charge in [-0.3, -0.25) is 0 Å². The molecule has 13 heteroatoms. The van der Waals surface area contributed by atoms with Gasteiger partial charge in [-0.1, -0.05) is 0 Å². The monoisotopic (exact) mass is 402 g/mol. The standard InChI is InChI=1S/C14H26O13/c15-1-3-5(17)7(19)9(21)11(23)13(25-3)27-14-12(24)10(22)8(20)6(18)4(2-16)26-14/h3-24H,1-2H2/t3-,4-,5+,6+,7-,8-,9+,10+,11-,12+,13?,14?/m0/s1. The summed E-state index contributed by atoms with van der Waals surface area (Å²) in [5.74, 6) is 0. The minimum absolute atomic E-state index is 0.828. The second kappa shape index (κ2) is 9.32. The predicted molar refractivity (Wildman–Crippen MR) is 80.6 cm³/mol. The van der Waals surface area contributed by atoms with Crippen molar-refractivity contribution in [1.82, 2.24) is 0 Å². The lowest BCUT2D eigenvalue weighted by atomic mass is 10.0. The van der Waals surface area contributed by atoms with E-state index in [4.69, 9.17) is 14.2 Å². The Bertz CT molecular complexity index is 422. The minimum atomic E-state index is -1.98. The summed E-state index contributed by atoms with van der Waals surface area (Å²) < 4.78 is 15.4. The first-order valence-electron chi connectivity index (χ1n) is 8.26. The molecule has 0 aromatic heterocycles. The minimum Gasteiger partial charge on any atom is -0.394 e. The first-order chi connectivity index (χ1) is 12.6. The van der Waals surface area contributed by atoms with E-state index in [2.05, 4.69) is 0 Å². The lowest BCUT2D eigenvalue weighted by molar-refractivity contribution is -0.324. The molecule has 13 nitrogen and oxygen atoms in total. The average molecular weight is 402 g/mol. The highest BCUT2D eigenvalue weighted by atomic mass is 16.8. The quantitative estimate of drug-likeness (QED) is 0.211. The van der Waals surface area contributed by atoms with Crippen molar-refractivity contribution >= 4 is 0 Å². The third-order valence-corrected chi connectivity index (χ3v) is 4.66. The number of ether oxygens (including phenoxy) is 3. The molecule has 0 aliphatic carbocycles. The fraction of sp³-hybridized carbons (Fsp3) is 1.00. The van der Waals surface area contributed by atoms with Gasteiger partial charge in [-0.05, 0) is 0 Å². The molecule has 0 bridgehead atoms. The van der Waals surface area contributed by atoms with Gasteiger partial charge in [-0.25, -0.2) is 0 Å². The van der Waals surface area contributed by atoms with Gasteiger partial charge in [0.1, 0.15) is 61.0 Å². The number of aliphatic hydroxyl groups is 10. The van der Waals surface area contributed by atoms with E-state index < -0.39 is 86.8 Å². The fourth-order valence-electron chi connectivity index (χ4n) is 2.90. The van der Waals surface area contributed by atoms with Crippen LogP contribution in [0.5, 0.6) is 0 Å². The lowest BCUT2D eigenvalue weighted by Crippen LogP contribution is -2.51. The summed E-state index contributed by atoms with van der Waals surface area (Å²) >= 11 is 0. The molecule has 2 unspecified atom stereocenters. The SMILES string of the molecule is OC[C@@H]1OC(OC2O[C@@H](CO)[C@@H](O)[C@H](O)[C@@H](O)[C@H]2O)[C@@H](O)[C@H](O)[C@@H](O)[C@@H]1O. The Labute approximate surface area is 153 Å². The van der Waals surface area contributed by atoms with Gasteiger partial charge in [0.15, 0.2) is 12.6 Å². The summed E-state index contributed by atoms with van der Waals surface area (Å²) in [6, 6.07) is 0. The van der Waals surface area contributed by atoms with Crippen LogP contribution < -0.4 is 0 Å². The van der Waals surface area contributed by atoms with E-state index in [0.717, 1.165) is 0 Å². The van der Waals surface area contributed by atoms with Crippen LogP contribution in [0.2, 0.25) is 0 Å². The normalized spacial score (nSPS) is 52.2. The highest BCUT2D eigenvalue weighted by Gasteiger charge is 2.49. The summed E-state index contributed by atoms with van der Waals surface area (Å²) in [7, 11) is 0. The smallest absolute Gasteiger partial charge is 0.189 e. The van der Waals surface area contributed by atoms with Crippen LogP contribution in [0.15, 0.2) is 0 Å². The molecular formula is C14H26O13. The average Bonchev–Trinajstić information content (AvgIpc) is 2.79. The van der Waals surface area contributed by atoms with E-state index in [1.54, 1.807) is 0 Å². The van der Waals surface area contributed by atoms with Crippen molar-refractivity contribution in [2.24, 2.45) is 0 Å². The van der Waals surface area contributed by atoms with Gasteiger partial charge >= 0.3 is 0 Å². The Morgan fingerprint density at radius 2 is 0.778 bits per heavy atom. The molecule has 0 spiro atoms. The maximum Gasteiger partial charge on any atom is 0.189 e. The Morgan fingerprint density at radius 1 is 0.481 bits per heavy atom. The highest BCUT2D eigenvalue weighted by molar-refractivity contribution is 4.93. The van der Waals surface area contributed by atoms with Crippen LogP contribution in [0.1, 0.15) is 0 Å². The van der Waals surface area contributed by atoms with Gasteiger partial charge in [-0.2, -0.15) is 0 Å². The topological polar surface area (TPSA) is 230 Å². The Morgan fingerprint density at radius 3 is 1.07 bits per heavy atom. The lowest BCUT2D eigenvalue weighted by Gasteiger charge is -2.32. The van der Waals surface area contributed by atoms with E-state index >= 15 is 0 Å². The van der Waals surface area contributed by atoms with E-state index in [9.17, 15) is 51.1 Å². The van der Waals surface area contributed by atoms with E-state index in [1.807, 2.05) is 0 Å². The molecule has 0 aromatic carbocycles. The summed E-state index contributed by atoms with van der Waals surface area (Å²) in [4.78, 5) is 0. The molecule has 2 aliphatic rings. The van der Waals surface area contributed by atoms with Gasteiger partial charge < -0.3 is 65.3 Å². The van der Waals surface area contributed by atoms with Crippen LogP contribution >= 0.6 is 0 Å². The molecule has 2 fully saturated rings. The van der Waals surface area contributed by atoms with Crippen LogP contribution in [0, 0.1) is 0 Å². The zero-order valence-electron chi connectivity index (χ0n) is 14.0. The number of rotatable bonds is 4. The first kappa shape index (κ1) is 22.8. The number of aliphatic hydroxyl groups excluding tert-OH is 10. The van der Waals surface area contributed by atoms with Crippen LogP contribution in [0.3, 0.4) is 0 Å². The van der Waals surface area contributed by atoms with Crippen molar-refractivity contribution in [3.05, 3.63) is 0 Å². The zero-order valence-corrected chi connectivity index (χ0v) is 14.0. The molecule has 2 rings (SSSR count). The predicted octanol–water partition coefficient (Wildman–Crippen LogP) is -6.68. The van der Waals surface area contributed by atoms with E-state index in [-0.39, 0.29) is 0 Å². The molecule has 27 heavy (non-hydrogen) atoms. The van der Waals surface area contributed by atoms with Gasteiger partial charge in [0, 0.05) is 0 Å². The van der Waals surface area contributed by atoms with Crippen LogP contribution in [0.25, 0.3) is 0 Å². The van der Waals surface area contributed by atoms with Crippen molar-refractivity contribution in [2.75, 3.05) is 13.2 Å². The third-order valence-electron chi connectivity index (χ3n) is 4.66. The number of hydrogen-bond acceptors (Lipinski definition) is 13. The molecule has 0 aromatic rings. The Balaban J connectivity index is 2.23. The molecule has 2 heterocycles. The van der Waals surface area contributed by atoms with Gasteiger partial charge in [0.25, 0.3) is 0 Å². The van der Waals surface area contributed by atoms with Crippen molar-refractivity contribution in [3.63, 3.8) is 0 Å². The number of hydrogen-bond donors (Lipinski definition) is 10. The molecule has 2 saturated heterocycles. The third kappa shape index (κ3) is 4.56. The van der Waals surface area contributed by atoms with Gasteiger partial charge in [-0.15, -0.1) is 0 Å². The molecular weight excluding hydrogens is 376 g/mol. The summed E-state index contributed by atoms with van der Waals surface area (Å²) in [5, 5.41) is 97.7. The van der Waals surface area contributed by atoms with Crippen molar-refractivity contribution < 1.29 is 65.3 Å². The largest absolute Gasteiger partial charge is 0.394 e. The van der Waals surface area contributed by atoms with Gasteiger partial charge in [0.05, 0.1) is 13.2 Å².